The Bertz CT molecular complexity index is 1170. The summed E-state index contributed by atoms with van der Waals surface area (Å²) < 4.78 is 38.3. The number of piperidine rings is 1. The standard InChI is InChI=1S/C18H21N5O5S/c1-22(2)16-7-8-17(21-20-16)27-12-4-3-9-23(11-12)29(25,26)13-5-6-15-14(10-13)19-18(24)28-15/h5-8,10,12H,3-4,9,11H2,1-2H3,(H,19,24). The summed E-state index contributed by atoms with van der Waals surface area (Å²) in [6.45, 7) is 0.604. The van der Waals surface area contributed by atoms with Crippen LogP contribution in [-0.2, 0) is 10.0 Å². The minimum atomic E-state index is -3.74. The molecule has 1 N–H and O–H groups in total. The van der Waals surface area contributed by atoms with Gasteiger partial charge in [-0.25, -0.2) is 13.2 Å². The van der Waals surface area contributed by atoms with Crippen molar-refractivity contribution >= 4 is 26.9 Å². The molecule has 0 saturated carbocycles. The first-order valence-electron chi connectivity index (χ1n) is 9.14. The Labute approximate surface area is 167 Å². The number of anilines is 1. The van der Waals surface area contributed by atoms with Gasteiger partial charge in [-0.05, 0) is 37.1 Å². The molecule has 1 aliphatic heterocycles. The lowest BCUT2D eigenvalue weighted by Gasteiger charge is -2.31. The Balaban J connectivity index is 1.51. The molecule has 0 bridgehead atoms. The van der Waals surface area contributed by atoms with E-state index in [0.717, 1.165) is 6.42 Å². The largest absolute Gasteiger partial charge is 0.472 e. The molecule has 11 heteroatoms. The van der Waals surface area contributed by atoms with Gasteiger partial charge in [0.1, 0.15) is 6.10 Å². The highest BCUT2D eigenvalue weighted by Crippen LogP contribution is 2.25. The van der Waals surface area contributed by atoms with Gasteiger partial charge in [0.15, 0.2) is 11.4 Å². The van der Waals surface area contributed by atoms with Gasteiger partial charge in [-0.1, -0.05) is 0 Å². The molecule has 1 saturated heterocycles. The van der Waals surface area contributed by atoms with E-state index in [1.807, 2.05) is 19.0 Å². The van der Waals surface area contributed by atoms with Gasteiger partial charge in [0.2, 0.25) is 15.9 Å². The van der Waals surface area contributed by atoms with Crippen LogP contribution in [0.15, 0.2) is 44.4 Å². The number of rotatable bonds is 5. The van der Waals surface area contributed by atoms with Crippen LogP contribution in [0, 0.1) is 0 Å². The maximum atomic E-state index is 13.1. The molecule has 154 valence electrons. The van der Waals surface area contributed by atoms with E-state index in [9.17, 15) is 13.2 Å². The lowest BCUT2D eigenvalue weighted by Crippen LogP contribution is -2.44. The van der Waals surface area contributed by atoms with E-state index >= 15 is 0 Å². The summed E-state index contributed by atoms with van der Waals surface area (Å²) in [7, 11) is -0.00846. The van der Waals surface area contributed by atoms with Gasteiger partial charge in [-0.2, -0.15) is 4.31 Å². The second-order valence-corrected chi connectivity index (χ2v) is 8.98. The van der Waals surface area contributed by atoms with Crippen molar-refractivity contribution in [3.05, 3.63) is 40.9 Å². The summed E-state index contributed by atoms with van der Waals surface area (Å²) in [6.07, 6.45) is 1.06. The molecule has 1 fully saturated rings. The first-order valence-corrected chi connectivity index (χ1v) is 10.6. The van der Waals surface area contributed by atoms with E-state index in [4.69, 9.17) is 9.15 Å². The number of hydrogen-bond donors (Lipinski definition) is 1. The normalized spacial score (nSPS) is 18.1. The van der Waals surface area contributed by atoms with E-state index in [2.05, 4.69) is 15.2 Å². The smallest absolute Gasteiger partial charge is 0.417 e. The van der Waals surface area contributed by atoms with Crippen LogP contribution < -0.4 is 15.4 Å². The van der Waals surface area contributed by atoms with E-state index in [-0.39, 0.29) is 17.5 Å². The number of aromatic amines is 1. The molecule has 10 nitrogen and oxygen atoms in total. The molecule has 29 heavy (non-hydrogen) atoms. The fourth-order valence-corrected chi connectivity index (χ4v) is 4.78. The van der Waals surface area contributed by atoms with E-state index < -0.39 is 15.8 Å². The average Bonchev–Trinajstić information content (AvgIpc) is 3.08. The van der Waals surface area contributed by atoms with Crippen molar-refractivity contribution in [1.82, 2.24) is 19.5 Å². The maximum Gasteiger partial charge on any atom is 0.417 e. The Kier molecular flexibility index (Phi) is 5.01. The summed E-state index contributed by atoms with van der Waals surface area (Å²) in [5.74, 6) is 0.442. The molecule has 1 aliphatic rings. The molecular weight excluding hydrogens is 398 g/mol. The first-order chi connectivity index (χ1) is 13.8. The third-order valence-corrected chi connectivity index (χ3v) is 6.60. The number of fused-ring (bicyclic) bond motifs is 1. The molecular formula is C18H21N5O5S. The Hall–Kier alpha value is -2.92. The third-order valence-electron chi connectivity index (χ3n) is 4.74. The minimum Gasteiger partial charge on any atom is -0.472 e. The van der Waals surface area contributed by atoms with Crippen LogP contribution in [0.1, 0.15) is 12.8 Å². The van der Waals surface area contributed by atoms with Crippen LogP contribution >= 0.6 is 0 Å². The molecule has 2 aromatic heterocycles. The zero-order chi connectivity index (χ0) is 20.6. The summed E-state index contributed by atoms with van der Waals surface area (Å²) in [5.41, 5.74) is 0.658. The number of aromatic nitrogens is 3. The topological polar surface area (TPSA) is 122 Å². The van der Waals surface area contributed by atoms with Crippen molar-refractivity contribution < 1.29 is 17.6 Å². The molecule has 4 rings (SSSR count). The van der Waals surface area contributed by atoms with Gasteiger partial charge >= 0.3 is 5.76 Å². The number of hydrogen-bond acceptors (Lipinski definition) is 8. The molecule has 0 aliphatic carbocycles. The molecule has 0 amide bonds. The quantitative estimate of drug-likeness (QED) is 0.655. The van der Waals surface area contributed by atoms with Gasteiger partial charge in [0.05, 0.1) is 17.0 Å². The predicted molar refractivity (Wildman–Crippen MR) is 106 cm³/mol. The number of oxazole rings is 1. The van der Waals surface area contributed by atoms with Crippen molar-refractivity contribution in [2.75, 3.05) is 32.1 Å². The van der Waals surface area contributed by atoms with Crippen LogP contribution in [0.3, 0.4) is 0 Å². The number of benzene rings is 1. The zero-order valence-corrected chi connectivity index (χ0v) is 16.8. The van der Waals surface area contributed by atoms with Crippen molar-refractivity contribution in [2.24, 2.45) is 0 Å². The monoisotopic (exact) mass is 419 g/mol. The molecule has 0 radical (unpaired) electrons. The fraction of sp³-hybridized carbons (Fsp3) is 0.389. The molecule has 3 heterocycles. The zero-order valence-electron chi connectivity index (χ0n) is 16.0. The van der Waals surface area contributed by atoms with Crippen LogP contribution in [-0.4, -0.2) is 61.2 Å². The van der Waals surface area contributed by atoms with E-state index in [1.165, 1.54) is 22.5 Å². The van der Waals surface area contributed by atoms with Crippen molar-refractivity contribution in [2.45, 2.75) is 23.8 Å². The molecule has 1 unspecified atom stereocenters. The Morgan fingerprint density at radius 2 is 2.07 bits per heavy atom. The highest BCUT2D eigenvalue weighted by Gasteiger charge is 2.31. The number of ether oxygens (including phenoxy) is 1. The molecule has 0 spiro atoms. The van der Waals surface area contributed by atoms with Crippen molar-refractivity contribution in [1.29, 1.82) is 0 Å². The van der Waals surface area contributed by atoms with Gasteiger partial charge in [-0.3, -0.25) is 4.98 Å². The SMILES string of the molecule is CN(C)c1ccc(OC2CCCN(S(=O)(=O)c3ccc4oc(=O)[nH]c4c3)C2)nn1. The van der Waals surface area contributed by atoms with Crippen LogP contribution in [0.5, 0.6) is 5.88 Å². The molecule has 1 aromatic carbocycles. The molecule has 1 atom stereocenters. The summed E-state index contributed by atoms with van der Waals surface area (Å²) >= 11 is 0. The number of sulfonamides is 1. The third kappa shape index (κ3) is 3.96. The first kappa shape index (κ1) is 19.4. The lowest BCUT2D eigenvalue weighted by atomic mass is 10.1. The number of H-pyrrole nitrogens is 1. The minimum absolute atomic E-state index is 0.0952. The maximum absolute atomic E-state index is 13.1. The summed E-state index contributed by atoms with van der Waals surface area (Å²) in [5, 5.41) is 8.12. The van der Waals surface area contributed by atoms with Crippen molar-refractivity contribution in [3.63, 3.8) is 0 Å². The van der Waals surface area contributed by atoms with Gasteiger partial charge in [0, 0.05) is 26.7 Å². The number of nitrogens with zero attached hydrogens (tertiary/aromatic N) is 4. The van der Waals surface area contributed by atoms with Crippen LogP contribution in [0.2, 0.25) is 0 Å². The fourth-order valence-electron chi connectivity index (χ4n) is 3.25. The number of nitrogens with one attached hydrogen (secondary N) is 1. The molecule has 3 aromatic rings. The predicted octanol–water partition coefficient (Wildman–Crippen LogP) is 1.21. The van der Waals surface area contributed by atoms with Crippen LogP contribution in [0.25, 0.3) is 11.1 Å². The lowest BCUT2D eigenvalue weighted by molar-refractivity contribution is 0.123. The second-order valence-electron chi connectivity index (χ2n) is 7.04. The average molecular weight is 419 g/mol. The van der Waals surface area contributed by atoms with Crippen molar-refractivity contribution in [3.8, 4) is 5.88 Å². The summed E-state index contributed by atoms with van der Waals surface area (Å²) in [6, 6.07) is 7.83. The Morgan fingerprint density at radius 1 is 1.24 bits per heavy atom. The highest BCUT2D eigenvalue weighted by molar-refractivity contribution is 7.89. The van der Waals surface area contributed by atoms with Gasteiger partial charge < -0.3 is 14.1 Å². The van der Waals surface area contributed by atoms with Gasteiger partial charge in [-0.15, -0.1) is 10.2 Å². The van der Waals surface area contributed by atoms with Gasteiger partial charge in [0.25, 0.3) is 0 Å². The Morgan fingerprint density at radius 3 is 2.79 bits per heavy atom. The van der Waals surface area contributed by atoms with E-state index in [1.54, 1.807) is 12.1 Å². The highest BCUT2D eigenvalue weighted by atomic mass is 32.2. The summed E-state index contributed by atoms with van der Waals surface area (Å²) in [4.78, 5) is 15.7. The van der Waals surface area contributed by atoms with Crippen LogP contribution in [0.4, 0.5) is 5.82 Å². The second kappa shape index (κ2) is 7.48. The van der Waals surface area contributed by atoms with E-state index in [0.29, 0.717) is 35.8 Å².